The van der Waals surface area contributed by atoms with E-state index in [1.165, 1.54) is 12.0 Å². The van der Waals surface area contributed by atoms with Gasteiger partial charge in [0, 0.05) is 36.8 Å². The largest absolute Gasteiger partial charge is 0.467 e. The van der Waals surface area contributed by atoms with Crippen molar-refractivity contribution < 1.29 is 13.9 Å². The number of fused-ring (bicyclic) bond motifs is 1. The lowest BCUT2D eigenvalue weighted by atomic mass is 10.1. The van der Waals surface area contributed by atoms with Crippen molar-refractivity contribution in [2.24, 2.45) is 0 Å². The van der Waals surface area contributed by atoms with Gasteiger partial charge in [-0.25, -0.2) is 9.97 Å². The van der Waals surface area contributed by atoms with Gasteiger partial charge in [-0.05, 0) is 51.2 Å². The highest BCUT2D eigenvalue weighted by molar-refractivity contribution is 7.09. The number of hydrogen-bond acceptors (Lipinski definition) is 9. The van der Waals surface area contributed by atoms with Gasteiger partial charge in [-0.15, -0.1) is 11.3 Å². The minimum absolute atomic E-state index is 0.0662. The summed E-state index contributed by atoms with van der Waals surface area (Å²) in [6.07, 6.45) is 8.02. The van der Waals surface area contributed by atoms with Crippen molar-refractivity contribution in [3.63, 3.8) is 0 Å². The van der Waals surface area contributed by atoms with Gasteiger partial charge in [0.15, 0.2) is 0 Å². The Bertz CT molecular complexity index is 1160. The fourth-order valence-electron chi connectivity index (χ4n) is 4.84. The van der Waals surface area contributed by atoms with Gasteiger partial charge in [0.2, 0.25) is 11.9 Å². The summed E-state index contributed by atoms with van der Waals surface area (Å²) < 4.78 is 11.5. The van der Waals surface area contributed by atoms with Crippen LogP contribution in [0.1, 0.15) is 53.4 Å². The number of hydrogen-bond donors (Lipinski definition) is 1. The molecule has 192 valence electrons. The van der Waals surface area contributed by atoms with Crippen molar-refractivity contribution in [3.05, 3.63) is 51.5 Å². The van der Waals surface area contributed by atoms with E-state index in [0.717, 1.165) is 79.1 Å². The molecule has 1 unspecified atom stereocenters. The maximum absolute atomic E-state index is 12.7. The highest BCUT2D eigenvalue weighted by Gasteiger charge is 2.28. The average molecular weight is 511 g/mol. The lowest BCUT2D eigenvalue weighted by Gasteiger charge is -2.25. The number of rotatable bonds is 9. The highest BCUT2D eigenvalue weighted by atomic mass is 32.1. The number of amides is 1. The molecular formula is C26H34N6O3S. The molecule has 4 heterocycles. The lowest BCUT2D eigenvalue weighted by Crippen LogP contribution is -2.36. The molecule has 0 bridgehead atoms. The minimum atomic E-state index is -0.0662. The van der Waals surface area contributed by atoms with Gasteiger partial charge in [0.05, 0.1) is 37.8 Å². The maximum Gasteiger partial charge on any atom is 0.239 e. The first-order valence-corrected chi connectivity index (χ1v) is 13.6. The Hall–Kier alpha value is -2.98. The second-order valence-corrected chi connectivity index (χ2v) is 10.5. The van der Waals surface area contributed by atoms with Crippen LogP contribution in [-0.2, 0) is 35.5 Å². The third-order valence-electron chi connectivity index (χ3n) is 6.72. The summed E-state index contributed by atoms with van der Waals surface area (Å²) in [6, 6.07) is 3.67. The van der Waals surface area contributed by atoms with E-state index in [4.69, 9.17) is 19.1 Å². The Morgan fingerprint density at radius 1 is 1.28 bits per heavy atom. The minimum Gasteiger partial charge on any atom is -0.467 e. The van der Waals surface area contributed by atoms with Crippen molar-refractivity contribution in [1.82, 2.24) is 20.3 Å². The summed E-state index contributed by atoms with van der Waals surface area (Å²) in [5, 5.41) is 6.00. The molecule has 10 heteroatoms. The standard InChI is InChI=1S/C26H34N6O3S/c1-18-17-36-24(28-18)16-35-20-10-11-32(14-20)26-29-22-9-5-3-4-8-21(22)25(30-26)31(2)15-23(33)27-13-19-7-6-12-34-19/h6-7,12,17,20H,3-5,8-11,13-16H2,1-2H3,(H,27,33). The molecule has 9 nitrogen and oxygen atoms in total. The molecule has 3 aromatic heterocycles. The topological polar surface area (TPSA) is 96.6 Å². The number of likely N-dealkylation sites (N-methyl/N-ethyl adjacent to an activating group) is 1. The lowest BCUT2D eigenvalue weighted by molar-refractivity contribution is -0.120. The highest BCUT2D eigenvalue weighted by Crippen LogP contribution is 2.30. The molecule has 1 fully saturated rings. The zero-order valence-electron chi connectivity index (χ0n) is 21.0. The molecule has 0 spiro atoms. The van der Waals surface area contributed by atoms with Crippen LogP contribution in [-0.4, -0.2) is 53.6 Å². The van der Waals surface area contributed by atoms with E-state index in [-0.39, 0.29) is 18.6 Å². The van der Waals surface area contributed by atoms with E-state index in [0.29, 0.717) is 13.2 Å². The third kappa shape index (κ3) is 6.04. The number of thiazole rings is 1. The number of anilines is 2. The first-order chi connectivity index (χ1) is 17.5. The molecule has 1 aliphatic heterocycles. The molecular weight excluding hydrogens is 476 g/mol. The van der Waals surface area contributed by atoms with Crippen LogP contribution in [0.5, 0.6) is 0 Å². The van der Waals surface area contributed by atoms with Crippen LogP contribution in [0.15, 0.2) is 28.2 Å². The van der Waals surface area contributed by atoms with E-state index in [1.54, 1.807) is 17.6 Å². The van der Waals surface area contributed by atoms with E-state index in [1.807, 2.05) is 31.0 Å². The number of aromatic nitrogens is 3. The Kier molecular flexibility index (Phi) is 7.81. The van der Waals surface area contributed by atoms with E-state index in [2.05, 4.69) is 20.6 Å². The number of aryl methyl sites for hydroxylation is 2. The summed E-state index contributed by atoms with van der Waals surface area (Å²) in [5.74, 6) is 2.28. The Balaban J connectivity index is 1.27. The fourth-order valence-corrected chi connectivity index (χ4v) is 5.54. The van der Waals surface area contributed by atoms with Gasteiger partial charge in [-0.2, -0.15) is 4.98 Å². The van der Waals surface area contributed by atoms with Crippen LogP contribution in [0.2, 0.25) is 0 Å². The van der Waals surface area contributed by atoms with Gasteiger partial charge < -0.3 is 24.3 Å². The van der Waals surface area contributed by atoms with Crippen LogP contribution in [0.4, 0.5) is 11.8 Å². The molecule has 1 amide bonds. The summed E-state index contributed by atoms with van der Waals surface area (Å²) in [7, 11) is 1.94. The fraction of sp³-hybridized carbons (Fsp3) is 0.538. The molecule has 36 heavy (non-hydrogen) atoms. The summed E-state index contributed by atoms with van der Waals surface area (Å²) in [4.78, 5) is 31.4. The van der Waals surface area contributed by atoms with Crippen LogP contribution >= 0.6 is 11.3 Å². The molecule has 0 radical (unpaired) electrons. The molecule has 2 aliphatic rings. The number of carbonyl (C=O) groups is 1. The molecule has 0 aromatic carbocycles. The van der Waals surface area contributed by atoms with Crippen LogP contribution in [0, 0.1) is 6.92 Å². The molecule has 1 atom stereocenters. The van der Waals surface area contributed by atoms with Crippen LogP contribution in [0.25, 0.3) is 0 Å². The third-order valence-corrected chi connectivity index (χ3v) is 7.66. The smallest absolute Gasteiger partial charge is 0.239 e. The Labute approximate surface area is 215 Å². The van der Waals surface area contributed by atoms with Crippen molar-refractivity contribution >= 4 is 29.0 Å². The maximum atomic E-state index is 12.7. The van der Waals surface area contributed by atoms with Crippen LogP contribution in [0.3, 0.4) is 0 Å². The second kappa shape index (κ2) is 11.4. The Morgan fingerprint density at radius 2 is 2.17 bits per heavy atom. The van der Waals surface area contributed by atoms with Crippen molar-refractivity contribution in [3.8, 4) is 0 Å². The van der Waals surface area contributed by atoms with E-state index in [9.17, 15) is 4.79 Å². The van der Waals surface area contributed by atoms with Crippen LogP contribution < -0.4 is 15.1 Å². The Morgan fingerprint density at radius 3 is 2.97 bits per heavy atom. The molecule has 0 saturated carbocycles. The monoisotopic (exact) mass is 510 g/mol. The molecule has 5 rings (SSSR count). The summed E-state index contributed by atoms with van der Waals surface area (Å²) >= 11 is 1.64. The van der Waals surface area contributed by atoms with Crippen molar-refractivity contribution in [2.75, 3.05) is 36.5 Å². The zero-order chi connectivity index (χ0) is 24.9. The first kappa shape index (κ1) is 24.7. The van der Waals surface area contributed by atoms with Gasteiger partial charge in [0.25, 0.3) is 0 Å². The summed E-state index contributed by atoms with van der Waals surface area (Å²) in [5.41, 5.74) is 3.35. The number of carbonyl (C=O) groups excluding carboxylic acids is 1. The van der Waals surface area contributed by atoms with Gasteiger partial charge >= 0.3 is 0 Å². The second-order valence-electron chi connectivity index (χ2n) is 9.60. The van der Waals surface area contributed by atoms with E-state index < -0.39 is 0 Å². The number of furan rings is 1. The predicted octanol–water partition coefficient (Wildman–Crippen LogP) is 3.65. The number of ether oxygens (including phenoxy) is 1. The van der Waals surface area contributed by atoms with E-state index >= 15 is 0 Å². The van der Waals surface area contributed by atoms with Gasteiger partial charge in [-0.3, -0.25) is 4.79 Å². The van der Waals surface area contributed by atoms with Crippen molar-refractivity contribution in [2.45, 2.75) is 64.7 Å². The molecule has 1 N–H and O–H groups in total. The van der Waals surface area contributed by atoms with Gasteiger partial charge in [-0.1, -0.05) is 6.42 Å². The quantitative estimate of drug-likeness (QED) is 0.436. The summed E-state index contributed by atoms with van der Waals surface area (Å²) in [6.45, 7) is 4.77. The SMILES string of the molecule is Cc1csc(COC2CCN(c3nc4c(c(N(C)CC(=O)NCc5ccco5)n3)CCCCC4)C2)n1. The number of nitrogens with zero attached hydrogens (tertiary/aromatic N) is 5. The predicted molar refractivity (Wildman–Crippen MR) is 139 cm³/mol. The zero-order valence-corrected chi connectivity index (χ0v) is 21.9. The van der Waals surface area contributed by atoms with Gasteiger partial charge in [0.1, 0.15) is 16.6 Å². The normalized spacial score (nSPS) is 17.6. The number of nitrogens with one attached hydrogen (secondary N) is 1. The van der Waals surface area contributed by atoms with Crippen molar-refractivity contribution in [1.29, 1.82) is 0 Å². The molecule has 1 saturated heterocycles. The first-order valence-electron chi connectivity index (χ1n) is 12.7. The average Bonchev–Trinajstić information content (AvgIpc) is 3.61. The molecule has 1 aliphatic carbocycles. The molecule has 3 aromatic rings.